The molecule has 0 aliphatic rings. The summed E-state index contributed by atoms with van der Waals surface area (Å²) in [6.45, 7) is 0. The molecule has 2 rings (SSSR count). The van der Waals surface area contributed by atoms with Crippen LogP contribution in [0, 0.1) is 11.6 Å². The van der Waals surface area contributed by atoms with E-state index in [4.69, 9.17) is 4.74 Å². The van der Waals surface area contributed by atoms with Crippen LogP contribution in [0.1, 0.15) is 0 Å². The van der Waals surface area contributed by atoms with Gasteiger partial charge in [0.25, 0.3) is 0 Å². The summed E-state index contributed by atoms with van der Waals surface area (Å²) >= 11 is 0. The van der Waals surface area contributed by atoms with Gasteiger partial charge in [0.15, 0.2) is 11.6 Å². The van der Waals surface area contributed by atoms with E-state index in [9.17, 15) is 8.78 Å². The topological polar surface area (TPSA) is 22.1 Å². The Morgan fingerprint density at radius 1 is 1.12 bits per heavy atom. The molecule has 0 bridgehead atoms. The molecule has 0 N–H and O–H groups in total. The van der Waals surface area contributed by atoms with Gasteiger partial charge in [0, 0.05) is 5.56 Å². The third kappa shape index (κ3) is 2.00. The SMILES string of the molecule is COc1ccc(-c2ccc(F)cn2)cc1F. The molecule has 16 heavy (non-hydrogen) atoms. The molecular weight excluding hydrogens is 212 g/mol. The molecule has 82 valence electrons. The van der Waals surface area contributed by atoms with Crippen molar-refractivity contribution < 1.29 is 13.5 Å². The molecule has 1 aromatic carbocycles. The second-order valence-electron chi connectivity index (χ2n) is 3.21. The molecule has 0 radical (unpaired) electrons. The maximum atomic E-state index is 13.4. The second kappa shape index (κ2) is 4.26. The predicted octanol–water partition coefficient (Wildman–Crippen LogP) is 3.04. The van der Waals surface area contributed by atoms with E-state index in [0.29, 0.717) is 11.3 Å². The van der Waals surface area contributed by atoms with E-state index in [-0.39, 0.29) is 5.75 Å². The van der Waals surface area contributed by atoms with Gasteiger partial charge in [-0.15, -0.1) is 0 Å². The second-order valence-corrected chi connectivity index (χ2v) is 3.21. The van der Waals surface area contributed by atoms with Crippen LogP contribution in [-0.4, -0.2) is 12.1 Å². The van der Waals surface area contributed by atoms with E-state index >= 15 is 0 Å². The first kappa shape index (κ1) is 10.5. The van der Waals surface area contributed by atoms with E-state index in [2.05, 4.69) is 4.98 Å². The van der Waals surface area contributed by atoms with Gasteiger partial charge in [-0.25, -0.2) is 8.78 Å². The summed E-state index contributed by atoms with van der Waals surface area (Å²) in [6, 6.07) is 7.26. The molecule has 2 nitrogen and oxygen atoms in total. The first-order valence-electron chi connectivity index (χ1n) is 4.66. The largest absolute Gasteiger partial charge is 0.494 e. The van der Waals surface area contributed by atoms with Gasteiger partial charge in [0.1, 0.15) is 5.82 Å². The Morgan fingerprint density at radius 3 is 2.50 bits per heavy atom. The van der Waals surface area contributed by atoms with Gasteiger partial charge in [-0.2, -0.15) is 0 Å². The first-order chi connectivity index (χ1) is 7.70. The molecule has 1 heterocycles. The number of halogens is 2. The average Bonchev–Trinajstić information content (AvgIpc) is 2.30. The van der Waals surface area contributed by atoms with E-state index in [0.717, 1.165) is 6.20 Å². The van der Waals surface area contributed by atoms with E-state index in [1.54, 1.807) is 6.07 Å². The monoisotopic (exact) mass is 221 g/mol. The smallest absolute Gasteiger partial charge is 0.165 e. The maximum Gasteiger partial charge on any atom is 0.165 e. The molecule has 0 aliphatic heterocycles. The highest BCUT2D eigenvalue weighted by atomic mass is 19.1. The summed E-state index contributed by atoms with van der Waals surface area (Å²) in [6.07, 6.45) is 1.09. The Hall–Kier alpha value is -1.97. The number of ether oxygens (including phenoxy) is 1. The van der Waals surface area contributed by atoms with E-state index < -0.39 is 11.6 Å². The predicted molar refractivity (Wildman–Crippen MR) is 56.1 cm³/mol. The molecule has 0 amide bonds. The molecule has 0 unspecified atom stereocenters. The zero-order valence-electron chi connectivity index (χ0n) is 8.58. The fourth-order valence-electron chi connectivity index (χ4n) is 1.37. The lowest BCUT2D eigenvalue weighted by atomic mass is 10.1. The van der Waals surface area contributed by atoms with Crippen molar-refractivity contribution in [2.75, 3.05) is 7.11 Å². The highest BCUT2D eigenvalue weighted by Crippen LogP contribution is 2.23. The number of benzene rings is 1. The summed E-state index contributed by atoms with van der Waals surface area (Å²) in [5.41, 5.74) is 1.10. The number of methoxy groups -OCH3 is 1. The molecule has 4 heteroatoms. The summed E-state index contributed by atoms with van der Waals surface area (Å²) in [5.74, 6) is -0.713. The Bertz CT molecular complexity index is 497. The van der Waals surface area contributed by atoms with Crippen LogP contribution < -0.4 is 4.74 Å². The minimum atomic E-state index is -0.467. The number of rotatable bonds is 2. The summed E-state index contributed by atoms with van der Waals surface area (Å²) in [4.78, 5) is 3.86. The number of pyridine rings is 1. The zero-order chi connectivity index (χ0) is 11.5. The molecule has 0 fully saturated rings. The first-order valence-corrected chi connectivity index (χ1v) is 4.66. The molecule has 0 aliphatic carbocycles. The van der Waals surface area contributed by atoms with Crippen molar-refractivity contribution in [2.24, 2.45) is 0 Å². The van der Waals surface area contributed by atoms with Gasteiger partial charge in [0.05, 0.1) is 19.0 Å². The fraction of sp³-hybridized carbons (Fsp3) is 0.0833. The molecule has 0 spiro atoms. The van der Waals surface area contributed by atoms with Crippen LogP contribution in [0.15, 0.2) is 36.5 Å². The van der Waals surface area contributed by atoms with E-state index in [1.165, 1.54) is 31.4 Å². The van der Waals surface area contributed by atoms with Crippen molar-refractivity contribution in [1.82, 2.24) is 4.98 Å². The third-order valence-corrected chi connectivity index (χ3v) is 2.17. The zero-order valence-corrected chi connectivity index (χ0v) is 8.58. The maximum absolute atomic E-state index is 13.4. The number of hydrogen-bond donors (Lipinski definition) is 0. The lowest BCUT2D eigenvalue weighted by molar-refractivity contribution is 0.386. The van der Waals surface area contributed by atoms with Crippen molar-refractivity contribution in [1.29, 1.82) is 0 Å². The Kier molecular flexibility index (Phi) is 2.81. The van der Waals surface area contributed by atoms with Crippen molar-refractivity contribution in [2.45, 2.75) is 0 Å². The highest BCUT2D eigenvalue weighted by Gasteiger charge is 2.05. The molecule has 2 aromatic rings. The lowest BCUT2D eigenvalue weighted by Gasteiger charge is -2.04. The van der Waals surface area contributed by atoms with Crippen LogP contribution in [-0.2, 0) is 0 Å². The van der Waals surface area contributed by atoms with Crippen LogP contribution in [0.5, 0.6) is 5.75 Å². The molecule has 1 aromatic heterocycles. The van der Waals surface area contributed by atoms with Crippen molar-refractivity contribution in [3.63, 3.8) is 0 Å². The summed E-state index contributed by atoms with van der Waals surface area (Å²) in [5, 5.41) is 0. The Labute approximate surface area is 91.5 Å². The number of nitrogens with zero attached hydrogens (tertiary/aromatic N) is 1. The summed E-state index contributed by atoms with van der Waals surface area (Å²) < 4.78 is 30.8. The van der Waals surface area contributed by atoms with Crippen LogP contribution in [0.4, 0.5) is 8.78 Å². The van der Waals surface area contributed by atoms with Crippen molar-refractivity contribution in [3.8, 4) is 17.0 Å². The van der Waals surface area contributed by atoms with Gasteiger partial charge in [-0.1, -0.05) is 0 Å². The van der Waals surface area contributed by atoms with Crippen LogP contribution in [0.3, 0.4) is 0 Å². The highest BCUT2D eigenvalue weighted by molar-refractivity contribution is 5.60. The van der Waals surface area contributed by atoms with Gasteiger partial charge >= 0.3 is 0 Å². The number of aromatic nitrogens is 1. The Morgan fingerprint density at radius 2 is 1.94 bits per heavy atom. The molecular formula is C12H9F2NO. The van der Waals surface area contributed by atoms with Crippen LogP contribution in [0.2, 0.25) is 0 Å². The minimum Gasteiger partial charge on any atom is -0.494 e. The Balaban J connectivity index is 2.41. The normalized spacial score (nSPS) is 10.2. The van der Waals surface area contributed by atoms with Crippen molar-refractivity contribution >= 4 is 0 Å². The minimum absolute atomic E-state index is 0.172. The van der Waals surface area contributed by atoms with Crippen LogP contribution >= 0.6 is 0 Å². The van der Waals surface area contributed by atoms with Gasteiger partial charge in [-0.3, -0.25) is 4.98 Å². The lowest BCUT2D eigenvalue weighted by Crippen LogP contribution is -1.90. The van der Waals surface area contributed by atoms with Crippen LogP contribution in [0.25, 0.3) is 11.3 Å². The van der Waals surface area contributed by atoms with E-state index in [1.807, 2.05) is 0 Å². The standard InChI is InChI=1S/C12H9F2NO/c1-16-12-5-2-8(6-10(12)14)11-4-3-9(13)7-15-11/h2-7H,1H3. The molecule has 0 saturated heterocycles. The third-order valence-electron chi connectivity index (χ3n) is 2.17. The van der Waals surface area contributed by atoms with Gasteiger partial charge in [-0.05, 0) is 30.3 Å². The molecule has 0 atom stereocenters. The number of hydrogen-bond acceptors (Lipinski definition) is 2. The van der Waals surface area contributed by atoms with Gasteiger partial charge < -0.3 is 4.74 Å². The summed E-state index contributed by atoms with van der Waals surface area (Å²) in [7, 11) is 1.40. The van der Waals surface area contributed by atoms with Gasteiger partial charge in [0.2, 0.25) is 0 Å². The average molecular weight is 221 g/mol. The van der Waals surface area contributed by atoms with Crippen molar-refractivity contribution in [3.05, 3.63) is 48.2 Å². The quantitative estimate of drug-likeness (QED) is 0.777. The fourth-order valence-corrected chi connectivity index (χ4v) is 1.37. The molecule has 0 saturated carbocycles.